The number of benzene rings is 3. The number of fused-ring (bicyclic) bond motifs is 1. The summed E-state index contributed by atoms with van der Waals surface area (Å²) in [6.07, 6.45) is -4.29. The van der Waals surface area contributed by atoms with Crippen LogP contribution in [0.25, 0.3) is 22.2 Å². The molecule has 1 heterocycles. The number of alkyl halides is 2. The zero-order valence-corrected chi connectivity index (χ0v) is 19.3. The Hall–Kier alpha value is -4.08. The average Bonchev–Trinajstić information content (AvgIpc) is 2.86. The van der Waals surface area contributed by atoms with Crippen molar-refractivity contribution in [1.29, 1.82) is 0 Å². The van der Waals surface area contributed by atoms with E-state index in [0.29, 0.717) is 40.7 Å². The molecule has 1 unspecified atom stereocenters. The number of amides is 1. The van der Waals surface area contributed by atoms with Gasteiger partial charge in [-0.2, -0.15) is 8.78 Å². The number of halogens is 2. The number of aromatic nitrogens is 1. The van der Waals surface area contributed by atoms with Gasteiger partial charge in [-0.15, -0.1) is 0 Å². The number of pyridine rings is 1. The molecule has 0 radical (unpaired) electrons. The fourth-order valence-electron chi connectivity index (χ4n) is 3.49. The average molecular weight is 494 g/mol. The molecule has 36 heavy (non-hydrogen) atoms. The fraction of sp³-hybridized carbons (Fsp3) is 0.185. The highest BCUT2D eigenvalue weighted by Crippen LogP contribution is 2.28. The first kappa shape index (κ1) is 25.0. The van der Waals surface area contributed by atoms with Crippen LogP contribution in [0.3, 0.4) is 0 Å². The topological polar surface area (TPSA) is 101 Å². The number of anilines is 1. The number of carbonyl (C=O) groups excluding carboxylic acids is 1. The predicted molar refractivity (Wildman–Crippen MR) is 131 cm³/mol. The fourth-order valence-corrected chi connectivity index (χ4v) is 3.49. The van der Waals surface area contributed by atoms with E-state index in [-0.39, 0.29) is 18.3 Å². The summed E-state index contributed by atoms with van der Waals surface area (Å²) in [5, 5.41) is 21.8. The van der Waals surface area contributed by atoms with E-state index >= 15 is 0 Å². The second kappa shape index (κ2) is 10.7. The van der Waals surface area contributed by atoms with Gasteiger partial charge in [-0.1, -0.05) is 30.3 Å². The van der Waals surface area contributed by atoms with E-state index in [2.05, 4.69) is 15.0 Å². The van der Waals surface area contributed by atoms with E-state index in [1.165, 1.54) is 12.1 Å². The van der Waals surface area contributed by atoms with E-state index < -0.39 is 18.8 Å². The molecule has 4 rings (SSSR count). The molecule has 186 valence electrons. The van der Waals surface area contributed by atoms with E-state index in [1.807, 2.05) is 12.1 Å². The Morgan fingerprint density at radius 1 is 1.03 bits per heavy atom. The van der Waals surface area contributed by atoms with E-state index in [1.54, 1.807) is 54.6 Å². The first-order valence-corrected chi connectivity index (χ1v) is 11.1. The molecule has 1 aromatic heterocycles. The number of aliphatic hydroxyl groups excluding tert-OH is 2. The Bertz CT molecular complexity index is 1360. The smallest absolute Gasteiger partial charge is 0.394 e. The summed E-state index contributed by atoms with van der Waals surface area (Å²) in [5.41, 5.74) is 2.38. The number of ether oxygens (including phenoxy) is 2. The summed E-state index contributed by atoms with van der Waals surface area (Å²) in [7, 11) is 0. The molecule has 4 aromatic rings. The molecule has 0 saturated carbocycles. The van der Waals surface area contributed by atoms with Crippen molar-refractivity contribution in [2.75, 3.05) is 18.5 Å². The maximum absolute atomic E-state index is 13.3. The van der Waals surface area contributed by atoms with Crippen molar-refractivity contribution in [2.24, 2.45) is 0 Å². The number of carbonyl (C=O) groups is 1. The molecule has 1 atom stereocenters. The van der Waals surface area contributed by atoms with Crippen LogP contribution in [-0.2, 0) is 0 Å². The molecule has 0 aliphatic carbocycles. The normalized spacial score (nSPS) is 12.2. The third-order valence-corrected chi connectivity index (χ3v) is 5.16. The molecule has 0 aliphatic heterocycles. The highest BCUT2D eigenvalue weighted by Gasteiger charge is 2.23. The molecule has 9 heteroatoms. The first-order valence-electron chi connectivity index (χ1n) is 11.1. The minimum atomic E-state index is -3.31. The molecule has 3 aromatic carbocycles. The molecule has 3 N–H and O–H groups in total. The van der Waals surface area contributed by atoms with Gasteiger partial charge in [0.1, 0.15) is 24.2 Å². The van der Waals surface area contributed by atoms with Gasteiger partial charge >= 0.3 is 6.11 Å². The van der Waals surface area contributed by atoms with Crippen molar-refractivity contribution in [3.05, 3.63) is 84.4 Å². The molecule has 0 aliphatic rings. The lowest BCUT2D eigenvalue weighted by Gasteiger charge is -2.14. The van der Waals surface area contributed by atoms with Gasteiger partial charge < -0.3 is 25.0 Å². The first-order chi connectivity index (χ1) is 17.2. The molecule has 1 amide bonds. The number of hydrogen-bond donors (Lipinski definition) is 3. The summed E-state index contributed by atoms with van der Waals surface area (Å²) in [5.74, 6) is 0.104. The molecule has 0 fully saturated rings. The van der Waals surface area contributed by atoms with Crippen molar-refractivity contribution >= 4 is 22.5 Å². The number of nitrogens with one attached hydrogen (secondary N) is 1. The van der Waals surface area contributed by atoms with Crippen LogP contribution in [0.15, 0.2) is 78.9 Å². The quantitative estimate of drug-likeness (QED) is 0.307. The van der Waals surface area contributed by atoms with Crippen LogP contribution in [0.4, 0.5) is 14.5 Å². The lowest BCUT2D eigenvalue weighted by molar-refractivity contribution is -0.158. The Kier molecular flexibility index (Phi) is 7.42. The molecule has 7 nitrogen and oxygen atoms in total. The molecular weight excluding hydrogens is 470 g/mol. The highest BCUT2D eigenvalue weighted by atomic mass is 19.3. The highest BCUT2D eigenvalue weighted by molar-refractivity contribution is 6.12. The van der Waals surface area contributed by atoms with Gasteiger partial charge in [-0.25, -0.2) is 4.98 Å². The minimum absolute atomic E-state index is 0.00576. The number of aliphatic hydroxyl groups is 2. The van der Waals surface area contributed by atoms with Crippen molar-refractivity contribution in [3.8, 4) is 22.8 Å². The van der Waals surface area contributed by atoms with Crippen LogP contribution < -0.4 is 14.8 Å². The van der Waals surface area contributed by atoms with E-state index in [4.69, 9.17) is 9.84 Å². The van der Waals surface area contributed by atoms with Crippen molar-refractivity contribution in [3.63, 3.8) is 0 Å². The third kappa shape index (κ3) is 6.32. The molecular formula is C27H24F2N2O5. The van der Waals surface area contributed by atoms with Crippen LogP contribution in [0.5, 0.6) is 11.5 Å². The van der Waals surface area contributed by atoms with Crippen molar-refractivity contribution in [2.45, 2.75) is 19.1 Å². The summed E-state index contributed by atoms with van der Waals surface area (Å²) in [4.78, 5) is 17.7. The summed E-state index contributed by atoms with van der Waals surface area (Å²) in [6.45, 7) is 0.214. The van der Waals surface area contributed by atoms with Crippen LogP contribution in [-0.4, -0.2) is 46.5 Å². The Labute approximate surface area is 205 Å². The van der Waals surface area contributed by atoms with Crippen LogP contribution in [0.2, 0.25) is 0 Å². The van der Waals surface area contributed by atoms with Crippen LogP contribution in [0, 0.1) is 0 Å². The van der Waals surface area contributed by atoms with Gasteiger partial charge in [0.05, 0.1) is 23.4 Å². The van der Waals surface area contributed by atoms with Gasteiger partial charge in [0.2, 0.25) is 0 Å². The number of para-hydroxylation sites is 1. The number of nitrogens with zero attached hydrogens (tertiary/aromatic N) is 1. The summed E-state index contributed by atoms with van der Waals surface area (Å²) >= 11 is 0. The predicted octanol–water partition coefficient (Wildman–Crippen LogP) is 4.88. The van der Waals surface area contributed by atoms with Gasteiger partial charge in [-0.05, 0) is 48.5 Å². The van der Waals surface area contributed by atoms with Crippen LogP contribution >= 0.6 is 0 Å². The van der Waals surface area contributed by atoms with Gasteiger partial charge in [0.15, 0.2) is 0 Å². The van der Waals surface area contributed by atoms with Crippen molar-refractivity contribution in [1.82, 2.24) is 4.98 Å². The largest absolute Gasteiger partial charge is 0.491 e. The molecule has 0 saturated heterocycles. The van der Waals surface area contributed by atoms with Gasteiger partial charge in [0, 0.05) is 23.6 Å². The van der Waals surface area contributed by atoms with Gasteiger partial charge in [0.25, 0.3) is 5.91 Å². The maximum atomic E-state index is 13.3. The Morgan fingerprint density at radius 3 is 2.50 bits per heavy atom. The van der Waals surface area contributed by atoms with E-state index in [9.17, 15) is 18.7 Å². The van der Waals surface area contributed by atoms with Gasteiger partial charge in [-0.3, -0.25) is 4.79 Å². The SMILES string of the molecule is CC(F)(F)Oc1cccc(-c2ccc3cccc(C(=O)Nc4ccc(OCC(O)CO)cc4)c3n2)c1. The second-order valence-corrected chi connectivity index (χ2v) is 8.14. The van der Waals surface area contributed by atoms with Crippen molar-refractivity contribution < 1.29 is 33.3 Å². The summed E-state index contributed by atoms with van der Waals surface area (Å²) in [6, 6.07) is 21.6. The lowest BCUT2D eigenvalue weighted by atomic mass is 10.1. The molecule has 0 spiro atoms. The summed E-state index contributed by atoms with van der Waals surface area (Å²) < 4.78 is 36.6. The van der Waals surface area contributed by atoms with E-state index in [0.717, 1.165) is 5.39 Å². The Morgan fingerprint density at radius 2 is 1.78 bits per heavy atom. The zero-order valence-electron chi connectivity index (χ0n) is 19.3. The second-order valence-electron chi connectivity index (χ2n) is 8.14. The standard InChI is InChI=1S/C27H24F2N2O5/c1-27(28,29)36-22-6-2-5-18(14-22)24-13-8-17-4-3-7-23(25(17)31-24)26(34)30-19-9-11-21(12-10-19)35-16-20(33)15-32/h2-14,20,32-33H,15-16H2,1H3,(H,30,34). The monoisotopic (exact) mass is 494 g/mol. The molecule has 0 bridgehead atoms. The van der Waals surface area contributed by atoms with Crippen LogP contribution in [0.1, 0.15) is 17.3 Å². The zero-order chi connectivity index (χ0) is 25.7. The number of rotatable bonds is 9. The maximum Gasteiger partial charge on any atom is 0.394 e. The minimum Gasteiger partial charge on any atom is -0.491 e. The lowest BCUT2D eigenvalue weighted by Crippen LogP contribution is -2.21. The Balaban J connectivity index is 1.56. The third-order valence-electron chi connectivity index (χ3n) is 5.16. The number of hydrogen-bond acceptors (Lipinski definition) is 6.